The first-order valence-electron chi connectivity index (χ1n) is 11.5. The zero-order valence-corrected chi connectivity index (χ0v) is 23.7. The van der Waals surface area contributed by atoms with Gasteiger partial charge >= 0.3 is 17.1 Å². The smallest absolute Gasteiger partial charge is 0.550 e. The van der Waals surface area contributed by atoms with Gasteiger partial charge in [0.2, 0.25) is 0 Å². The molecule has 0 unspecified atom stereocenters. The topological polar surface area (TPSA) is 196 Å². The molecule has 0 radical (unpaired) electrons. The van der Waals surface area contributed by atoms with Crippen LogP contribution in [0.15, 0.2) is 79.1 Å². The van der Waals surface area contributed by atoms with E-state index in [1.807, 2.05) is 36.4 Å². The number of aliphatic carboxylic acids is 3. The second-order valence-electron chi connectivity index (χ2n) is 7.74. The van der Waals surface area contributed by atoms with Crippen molar-refractivity contribution >= 4 is 17.9 Å². The summed E-state index contributed by atoms with van der Waals surface area (Å²) in [5.74, 6) is -2.20. The number of benzene rings is 2. The van der Waals surface area contributed by atoms with Gasteiger partial charge in [0.05, 0.1) is 18.5 Å². The Morgan fingerprint density at radius 1 is 0.659 bits per heavy atom. The van der Waals surface area contributed by atoms with Gasteiger partial charge in [-0.25, -0.2) is 0 Å². The van der Waals surface area contributed by atoms with Gasteiger partial charge in [0.25, 0.3) is 0 Å². The Bertz CT molecular complexity index is 1370. The van der Waals surface area contributed by atoms with Crippen molar-refractivity contribution in [1.29, 1.82) is 0 Å². The normalized spacial score (nSPS) is 9.07. The van der Waals surface area contributed by atoms with E-state index in [0.717, 1.165) is 48.8 Å². The van der Waals surface area contributed by atoms with Crippen LogP contribution in [-0.2, 0) is 31.5 Å². The van der Waals surface area contributed by atoms with Crippen molar-refractivity contribution in [2.24, 2.45) is 0 Å². The summed E-state index contributed by atoms with van der Waals surface area (Å²) in [4.78, 5) is 35.6. The second kappa shape index (κ2) is 18.4. The van der Waals surface area contributed by atoms with E-state index in [1.54, 1.807) is 49.8 Å². The zero-order chi connectivity index (χ0) is 30.2. The van der Waals surface area contributed by atoms with Crippen molar-refractivity contribution in [3.8, 4) is 50.9 Å². The van der Waals surface area contributed by atoms with Crippen molar-refractivity contribution < 1.29 is 61.7 Å². The number of carbonyl (C=O) groups is 3. The molecule has 41 heavy (non-hydrogen) atoms. The van der Waals surface area contributed by atoms with Gasteiger partial charge in [-0.1, -0.05) is 30.3 Å². The molecule has 12 heteroatoms. The van der Waals surface area contributed by atoms with Gasteiger partial charge in [0.15, 0.2) is 0 Å². The largest absolute Gasteiger partial charge is 3.00 e. The van der Waals surface area contributed by atoms with Crippen LogP contribution < -0.4 is 20.1 Å². The molecule has 2 N–H and O–H groups in total. The molecule has 0 saturated heterocycles. The van der Waals surface area contributed by atoms with Crippen LogP contribution in [-0.4, -0.2) is 45.2 Å². The zero-order valence-electron chi connectivity index (χ0n) is 22.5. The van der Waals surface area contributed by atoms with Gasteiger partial charge in [0, 0.05) is 52.6 Å². The molecule has 0 aliphatic heterocycles. The number of para-hydroxylation sites is 1. The van der Waals surface area contributed by atoms with E-state index >= 15 is 0 Å². The van der Waals surface area contributed by atoms with Gasteiger partial charge in [0.1, 0.15) is 17.2 Å². The molecular formula is C29H27MnN2O9. The first-order valence-corrected chi connectivity index (χ1v) is 11.5. The van der Waals surface area contributed by atoms with E-state index in [4.69, 9.17) is 34.4 Å². The number of carboxylic acids is 3. The van der Waals surface area contributed by atoms with Crippen LogP contribution in [0.3, 0.4) is 0 Å². The number of phenols is 2. The minimum absolute atomic E-state index is 0. The molecule has 4 aromatic rings. The standard InChI is InChI=1S/C23H18N2O3.3C2H4O2.Mn/c1-28-17-8-11-23(27)19(12-17)16-7-10-21(25-14-16)20-9-6-15(13-24-20)18-4-2-3-5-22(18)26;3*1-2(3)4;/h2-14,26-27H,1H3;3*1H3,(H,3,4);/q;;;;+3/p-3. The third-order valence-corrected chi connectivity index (χ3v) is 4.52. The molecule has 2 heterocycles. The number of nitrogens with zero attached hydrogens (tertiary/aromatic N) is 2. The number of aromatic nitrogens is 2. The average molecular weight is 602 g/mol. The van der Waals surface area contributed by atoms with Crippen LogP contribution >= 0.6 is 0 Å². The SMILES string of the molecule is CC(=O)[O-].CC(=O)[O-].CC(=O)[O-].COc1ccc(O)c(-c2ccc(-c3ccc(-c4ccccc4O)cn3)nc2)c1.[Mn+3]. The minimum atomic E-state index is -1.08. The first-order chi connectivity index (χ1) is 18.8. The van der Waals surface area contributed by atoms with Gasteiger partial charge in [-0.05, 0) is 57.2 Å². The predicted molar refractivity (Wildman–Crippen MR) is 140 cm³/mol. The maximum atomic E-state index is 10.1. The second-order valence-corrected chi connectivity index (χ2v) is 7.74. The van der Waals surface area contributed by atoms with Gasteiger partial charge in [-0.15, -0.1) is 0 Å². The minimum Gasteiger partial charge on any atom is -0.550 e. The number of methoxy groups -OCH3 is 1. The van der Waals surface area contributed by atoms with Crippen LogP contribution in [0.1, 0.15) is 20.8 Å². The maximum absolute atomic E-state index is 10.1. The van der Waals surface area contributed by atoms with E-state index < -0.39 is 17.9 Å². The molecule has 0 atom stereocenters. The summed E-state index contributed by atoms with van der Waals surface area (Å²) < 4.78 is 5.22. The van der Waals surface area contributed by atoms with Crippen molar-refractivity contribution in [3.63, 3.8) is 0 Å². The van der Waals surface area contributed by atoms with Crippen LogP contribution in [0, 0.1) is 0 Å². The third kappa shape index (κ3) is 13.6. The Morgan fingerprint density at radius 2 is 1.07 bits per heavy atom. The number of hydrogen-bond donors (Lipinski definition) is 2. The number of aromatic hydroxyl groups is 2. The van der Waals surface area contributed by atoms with Gasteiger partial charge in [-0.2, -0.15) is 0 Å². The number of ether oxygens (including phenoxy) is 1. The fourth-order valence-electron chi connectivity index (χ4n) is 3.00. The molecule has 0 spiro atoms. The van der Waals surface area contributed by atoms with E-state index in [0.29, 0.717) is 11.3 Å². The summed E-state index contributed by atoms with van der Waals surface area (Å²) in [7, 11) is 1.59. The van der Waals surface area contributed by atoms with Crippen molar-refractivity contribution in [2.75, 3.05) is 7.11 Å². The Labute approximate surface area is 247 Å². The summed E-state index contributed by atoms with van der Waals surface area (Å²) in [6, 6.07) is 19.7. The predicted octanol–water partition coefficient (Wildman–Crippen LogP) is 1.16. The van der Waals surface area contributed by atoms with Gasteiger partial charge < -0.3 is 44.7 Å². The Hall–Kier alpha value is -4.93. The molecule has 0 bridgehead atoms. The molecule has 0 aliphatic carbocycles. The number of pyridine rings is 2. The van der Waals surface area contributed by atoms with E-state index in [2.05, 4.69) is 9.97 Å². The molecule has 0 saturated carbocycles. The van der Waals surface area contributed by atoms with Crippen LogP contribution in [0.2, 0.25) is 0 Å². The summed E-state index contributed by atoms with van der Waals surface area (Å²) in [6.45, 7) is 2.92. The fraction of sp³-hybridized carbons (Fsp3) is 0.138. The number of rotatable bonds is 4. The van der Waals surface area contributed by atoms with E-state index in [1.165, 1.54) is 0 Å². The quantitative estimate of drug-likeness (QED) is 0.318. The number of carboxylic acid groups (broad SMARTS) is 3. The Balaban J connectivity index is 0.00000105. The van der Waals surface area contributed by atoms with E-state index in [9.17, 15) is 10.2 Å². The number of hydrogen-bond acceptors (Lipinski definition) is 11. The molecule has 2 aromatic heterocycles. The summed E-state index contributed by atoms with van der Waals surface area (Å²) in [5, 5.41) is 46.8. The molecule has 0 fully saturated rings. The molecule has 4 rings (SSSR count). The van der Waals surface area contributed by atoms with Crippen molar-refractivity contribution in [2.45, 2.75) is 20.8 Å². The monoisotopic (exact) mass is 602 g/mol. The van der Waals surface area contributed by atoms with Crippen LogP contribution in [0.5, 0.6) is 17.2 Å². The molecule has 0 amide bonds. The molecular weight excluding hydrogens is 575 g/mol. The molecule has 214 valence electrons. The fourth-order valence-corrected chi connectivity index (χ4v) is 3.00. The van der Waals surface area contributed by atoms with Crippen molar-refractivity contribution in [3.05, 3.63) is 79.1 Å². The average Bonchev–Trinajstić information content (AvgIpc) is 2.89. The van der Waals surface area contributed by atoms with Crippen LogP contribution in [0.25, 0.3) is 33.6 Å². The molecule has 11 nitrogen and oxygen atoms in total. The Morgan fingerprint density at radius 3 is 1.46 bits per heavy atom. The van der Waals surface area contributed by atoms with Crippen LogP contribution in [0.4, 0.5) is 0 Å². The van der Waals surface area contributed by atoms with Gasteiger partial charge in [-0.3, -0.25) is 9.97 Å². The van der Waals surface area contributed by atoms with E-state index in [-0.39, 0.29) is 28.6 Å². The molecule has 0 aliphatic rings. The summed E-state index contributed by atoms with van der Waals surface area (Å²) in [6.07, 6.45) is 3.41. The summed E-state index contributed by atoms with van der Waals surface area (Å²) >= 11 is 0. The number of carbonyl (C=O) groups excluding carboxylic acids is 3. The van der Waals surface area contributed by atoms with Crippen molar-refractivity contribution in [1.82, 2.24) is 9.97 Å². The Kier molecular flexibility index (Phi) is 16.2. The molecule has 2 aromatic carbocycles. The maximum Gasteiger partial charge on any atom is 3.00 e. The summed E-state index contributed by atoms with van der Waals surface area (Å²) in [5.41, 5.74) is 4.45. The third-order valence-electron chi connectivity index (χ3n) is 4.52. The first kappa shape index (κ1) is 36.1. The number of phenolic OH excluding ortho intramolecular Hbond substituents is 2.